The topological polar surface area (TPSA) is 64.3 Å². The summed E-state index contributed by atoms with van der Waals surface area (Å²) in [6.45, 7) is 5.24. The number of nitrogens with one attached hydrogen (secondary N) is 1. The lowest BCUT2D eigenvalue weighted by Crippen LogP contribution is -2.38. The summed E-state index contributed by atoms with van der Waals surface area (Å²) < 4.78 is 31.3. The zero-order valence-corrected chi connectivity index (χ0v) is 10.5. The van der Waals surface area contributed by atoms with E-state index in [9.17, 15) is 13.6 Å². The predicted molar refractivity (Wildman–Crippen MR) is 59.9 cm³/mol. The monoisotopic (exact) mass is 250 g/mol. The van der Waals surface area contributed by atoms with Gasteiger partial charge in [-0.3, -0.25) is 0 Å². The van der Waals surface area contributed by atoms with Gasteiger partial charge in [0.05, 0.1) is 5.41 Å². The van der Waals surface area contributed by atoms with Gasteiger partial charge in [-0.1, -0.05) is 0 Å². The number of halogens is 2. The van der Waals surface area contributed by atoms with Crippen LogP contribution in [-0.2, 0) is 4.74 Å². The average Bonchev–Trinajstić information content (AvgIpc) is 2.63. The van der Waals surface area contributed by atoms with E-state index < -0.39 is 23.0 Å². The zero-order valence-electron chi connectivity index (χ0n) is 10.5. The van der Waals surface area contributed by atoms with Crippen molar-refractivity contribution in [3.05, 3.63) is 0 Å². The molecule has 0 bridgehead atoms. The van der Waals surface area contributed by atoms with Gasteiger partial charge in [0.25, 0.3) is 5.92 Å². The molecule has 0 aromatic heterocycles. The van der Waals surface area contributed by atoms with Crippen LogP contribution >= 0.6 is 0 Å². The van der Waals surface area contributed by atoms with Gasteiger partial charge in [-0.05, 0) is 33.7 Å². The molecule has 17 heavy (non-hydrogen) atoms. The lowest BCUT2D eigenvalue weighted by atomic mass is 10.0. The van der Waals surface area contributed by atoms with Crippen molar-refractivity contribution in [2.24, 2.45) is 11.1 Å². The van der Waals surface area contributed by atoms with Crippen LogP contribution in [0.1, 0.15) is 33.6 Å². The standard InChI is InChI=1S/C11H20F2N2O2/c1-9(2,3)17-8(16)15-7-10(4-5-14)6-11(10,12)13/h4-7,14H2,1-3H3,(H,15,16). The van der Waals surface area contributed by atoms with E-state index in [1.54, 1.807) is 20.8 Å². The molecule has 1 aliphatic carbocycles. The van der Waals surface area contributed by atoms with Gasteiger partial charge in [0.15, 0.2) is 0 Å². The van der Waals surface area contributed by atoms with Crippen LogP contribution in [0.3, 0.4) is 0 Å². The Balaban J connectivity index is 2.42. The first kappa shape index (κ1) is 14.2. The molecule has 0 spiro atoms. The summed E-state index contributed by atoms with van der Waals surface area (Å²) >= 11 is 0. The van der Waals surface area contributed by atoms with Crippen LogP contribution in [0.5, 0.6) is 0 Å². The molecular formula is C11H20F2N2O2. The molecule has 1 rings (SSSR count). The highest BCUT2D eigenvalue weighted by molar-refractivity contribution is 5.67. The number of hydrogen-bond donors (Lipinski definition) is 2. The molecule has 0 aliphatic heterocycles. The van der Waals surface area contributed by atoms with Crippen molar-refractivity contribution in [1.29, 1.82) is 0 Å². The van der Waals surface area contributed by atoms with Crippen molar-refractivity contribution < 1.29 is 18.3 Å². The predicted octanol–water partition coefficient (Wildman–Crippen LogP) is 1.89. The lowest BCUT2D eigenvalue weighted by molar-refractivity contribution is 0.0425. The molecule has 1 amide bonds. The van der Waals surface area contributed by atoms with Crippen LogP contribution in [0.15, 0.2) is 0 Å². The van der Waals surface area contributed by atoms with E-state index in [1.165, 1.54) is 0 Å². The van der Waals surface area contributed by atoms with E-state index in [1.807, 2.05) is 0 Å². The largest absolute Gasteiger partial charge is 0.444 e. The molecule has 0 aromatic carbocycles. The second-order valence-electron chi connectivity index (χ2n) is 5.56. The third-order valence-corrected chi connectivity index (χ3v) is 2.80. The van der Waals surface area contributed by atoms with Crippen LogP contribution in [-0.4, -0.2) is 30.7 Å². The van der Waals surface area contributed by atoms with Gasteiger partial charge in [-0.2, -0.15) is 0 Å². The smallest absolute Gasteiger partial charge is 0.407 e. The Morgan fingerprint density at radius 1 is 1.47 bits per heavy atom. The van der Waals surface area contributed by atoms with E-state index in [4.69, 9.17) is 10.5 Å². The van der Waals surface area contributed by atoms with Crippen LogP contribution < -0.4 is 11.1 Å². The molecule has 0 heterocycles. The fraction of sp³-hybridized carbons (Fsp3) is 0.909. The highest BCUT2D eigenvalue weighted by atomic mass is 19.3. The molecule has 1 aliphatic rings. The quantitative estimate of drug-likeness (QED) is 0.800. The van der Waals surface area contributed by atoms with E-state index in [2.05, 4.69) is 5.32 Å². The van der Waals surface area contributed by atoms with Crippen LogP contribution in [0.2, 0.25) is 0 Å². The molecule has 1 atom stereocenters. The van der Waals surface area contributed by atoms with Gasteiger partial charge in [0, 0.05) is 13.0 Å². The van der Waals surface area contributed by atoms with Gasteiger partial charge in [0.1, 0.15) is 5.60 Å². The van der Waals surface area contributed by atoms with Gasteiger partial charge in [-0.15, -0.1) is 0 Å². The third-order valence-electron chi connectivity index (χ3n) is 2.80. The maximum Gasteiger partial charge on any atom is 0.407 e. The summed E-state index contributed by atoms with van der Waals surface area (Å²) in [7, 11) is 0. The summed E-state index contributed by atoms with van der Waals surface area (Å²) in [5, 5.41) is 2.39. The second kappa shape index (κ2) is 4.40. The molecule has 100 valence electrons. The number of amides is 1. The van der Waals surface area contributed by atoms with Gasteiger partial charge in [-0.25, -0.2) is 13.6 Å². The van der Waals surface area contributed by atoms with Crippen molar-refractivity contribution in [3.63, 3.8) is 0 Å². The molecule has 0 radical (unpaired) electrons. The van der Waals surface area contributed by atoms with Crippen molar-refractivity contribution in [2.75, 3.05) is 13.1 Å². The Labute approximate surface area is 99.9 Å². The minimum atomic E-state index is -2.72. The van der Waals surface area contributed by atoms with E-state index in [-0.39, 0.29) is 25.9 Å². The minimum absolute atomic E-state index is 0.0912. The fourth-order valence-corrected chi connectivity index (χ4v) is 1.76. The van der Waals surface area contributed by atoms with Crippen LogP contribution in [0.25, 0.3) is 0 Å². The number of ether oxygens (including phenoxy) is 1. The number of alkyl halides is 2. The summed E-state index contributed by atoms with van der Waals surface area (Å²) in [5.41, 5.74) is 3.51. The van der Waals surface area contributed by atoms with E-state index in [0.29, 0.717) is 0 Å². The molecule has 0 saturated heterocycles. The summed E-state index contributed by atoms with van der Waals surface area (Å²) in [6.07, 6.45) is -0.681. The number of hydrogen-bond acceptors (Lipinski definition) is 3. The first-order valence-corrected chi connectivity index (χ1v) is 5.67. The molecule has 1 unspecified atom stereocenters. The molecule has 0 aromatic rings. The Bertz CT molecular complexity index is 302. The van der Waals surface area contributed by atoms with Crippen molar-refractivity contribution in [3.8, 4) is 0 Å². The molecule has 6 heteroatoms. The Morgan fingerprint density at radius 3 is 2.35 bits per heavy atom. The van der Waals surface area contributed by atoms with Gasteiger partial charge >= 0.3 is 6.09 Å². The summed E-state index contributed by atoms with van der Waals surface area (Å²) in [5.74, 6) is -2.72. The van der Waals surface area contributed by atoms with Crippen molar-refractivity contribution in [1.82, 2.24) is 5.32 Å². The third kappa shape index (κ3) is 3.52. The van der Waals surface area contributed by atoms with Gasteiger partial charge in [0.2, 0.25) is 0 Å². The Morgan fingerprint density at radius 2 is 2.00 bits per heavy atom. The number of carbonyl (C=O) groups is 1. The fourth-order valence-electron chi connectivity index (χ4n) is 1.76. The maximum absolute atomic E-state index is 13.2. The first-order chi connectivity index (χ1) is 7.62. The normalized spacial score (nSPS) is 26.5. The maximum atomic E-state index is 13.2. The highest BCUT2D eigenvalue weighted by Gasteiger charge is 2.70. The van der Waals surface area contributed by atoms with E-state index >= 15 is 0 Å². The highest BCUT2D eigenvalue weighted by Crippen LogP contribution is 2.62. The minimum Gasteiger partial charge on any atom is -0.444 e. The first-order valence-electron chi connectivity index (χ1n) is 5.67. The van der Waals surface area contributed by atoms with Crippen molar-refractivity contribution in [2.45, 2.75) is 45.1 Å². The Hall–Kier alpha value is -0.910. The zero-order chi connectivity index (χ0) is 13.3. The molecule has 1 fully saturated rings. The summed E-state index contributed by atoms with van der Waals surface area (Å²) in [6, 6.07) is 0. The number of rotatable bonds is 4. The number of carbonyl (C=O) groups excluding carboxylic acids is 1. The summed E-state index contributed by atoms with van der Waals surface area (Å²) in [4.78, 5) is 11.3. The van der Waals surface area contributed by atoms with E-state index in [0.717, 1.165) is 0 Å². The molecular weight excluding hydrogens is 230 g/mol. The van der Waals surface area contributed by atoms with Crippen molar-refractivity contribution >= 4 is 6.09 Å². The molecule has 3 N–H and O–H groups in total. The second-order valence-corrected chi connectivity index (χ2v) is 5.56. The van der Waals surface area contributed by atoms with Crippen LogP contribution in [0, 0.1) is 5.41 Å². The SMILES string of the molecule is CC(C)(C)OC(=O)NCC1(CCN)CC1(F)F. The van der Waals surface area contributed by atoms with Crippen LogP contribution in [0.4, 0.5) is 13.6 Å². The Kier molecular flexibility index (Phi) is 3.66. The number of alkyl carbamates (subject to hydrolysis) is 1. The molecule has 4 nitrogen and oxygen atoms in total. The average molecular weight is 250 g/mol. The lowest BCUT2D eigenvalue weighted by Gasteiger charge is -2.21. The number of nitrogens with two attached hydrogens (primary N) is 1. The molecule has 1 saturated carbocycles. The van der Waals surface area contributed by atoms with Gasteiger partial charge < -0.3 is 15.8 Å².